The Labute approximate surface area is 202 Å². The molecule has 0 fully saturated rings. The van der Waals surface area contributed by atoms with Gasteiger partial charge < -0.3 is 5.32 Å². The summed E-state index contributed by atoms with van der Waals surface area (Å²) < 4.78 is 27.3. The third-order valence-corrected chi connectivity index (χ3v) is 7.71. The molecule has 4 rings (SSSR count). The second-order valence-electron chi connectivity index (χ2n) is 7.72. The summed E-state index contributed by atoms with van der Waals surface area (Å²) in [6.07, 6.45) is 6.85. The summed E-state index contributed by atoms with van der Waals surface area (Å²) in [4.78, 5) is 25.1. The van der Waals surface area contributed by atoms with Gasteiger partial charge in [-0.25, -0.2) is 28.1 Å². The number of aryl methyl sites for hydroxylation is 2. The number of fused-ring (bicyclic) bond motifs is 1. The lowest BCUT2D eigenvalue weighted by Crippen LogP contribution is -2.23. The standard InChI is InChI=1S/C23H22N6O3S2/c1-15(33-22-17(14-24)13-16-5-2-3-6-20(16)28-22)21(30)27-18-7-9-19(10-8-18)34(31,32)29-23-25-11-4-12-26-23/h4,7-13,15H,2-3,5-6H2,1H3,(H,27,30)(H,25,26,29). The number of thioether (sulfide) groups is 1. The average molecular weight is 495 g/mol. The number of nitriles is 1. The zero-order valence-corrected chi connectivity index (χ0v) is 20.0. The van der Waals surface area contributed by atoms with Crippen molar-refractivity contribution >= 4 is 39.3 Å². The number of nitrogens with zero attached hydrogens (tertiary/aromatic N) is 4. The molecule has 1 atom stereocenters. The van der Waals surface area contributed by atoms with Crippen LogP contribution in [0, 0.1) is 11.3 Å². The molecule has 11 heteroatoms. The fourth-order valence-corrected chi connectivity index (χ4v) is 5.35. The van der Waals surface area contributed by atoms with E-state index in [9.17, 15) is 18.5 Å². The van der Waals surface area contributed by atoms with Crippen LogP contribution >= 0.6 is 11.8 Å². The van der Waals surface area contributed by atoms with E-state index in [1.165, 1.54) is 48.4 Å². The van der Waals surface area contributed by atoms with Crippen molar-refractivity contribution in [3.8, 4) is 6.07 Å². The number of aromatic nitrogens is 3. The zero-order chi connectivity index (χ0) is 24.1. The molecule has 1 aromatic carbocycles. The van der Waals surface area contributed by atoms with Gasteiger partial charge in [0, 0.05) is 23.8 Å². The van der Waals surface area contributed by atoms with Gasteiger partial charge >= 0.3 is 0 Å². The van der Waals surface area contributed by atoms with Crippen molar-refractivity contribution in [2.75, 3.05) is 10.0 Å². The Morgan fingerprint density at radius 3 is 2.56 bits per heavy atom. The minimum absolute atomic E-state index is 0.0114. The first kappa shape index (κ1) is 23.7. The number of sulfonamides is 1. The number of pyridine rings is 1. The molecule has 0 radical (unpaired) electrons. The van der Waals surface area contributed by atoms with E-state index in [-0.39, 0.29) is 16.8 Å². The summed E-state index contributed by atoms with van der Waals surface area (Å²) in [5, 5.41) is 12.3. The summed E-state index contributed by atoms with van der Waals surface area (Å²) in [6, 6.07) is 11.5. The molecule has 1 aliphatic rings. The number of benzene rings is 1. The van der Waals surface area contributed by atoms with Gasteiger partial charge in [0.25, 0.3) is 10.0 Å². The normalized spacial score (nSPS) is 13.9. The van der Waals surface area contributed by atoms with Crippen LogP contribution < -0.4 is 10.0 Å². The maximum absolute atomic E-state index is 12.7. The van der Waals surface area contributed by atoms with Crippen LogP contribution in [-0.2, 0) is 27.7 Å². The lowest BCUT2D eigenvalue weighted by atomic mass is 9.95. The zero-order valence-electron chi connectivity index (χ0n) is 18.4. The van der Waals surface area contributed by atoms with Gasteiger partial charge in [-0.2, -0.15) is 5.26 Å². The van der Waals surface area contributed by atoms with E-state index in [2.05, 4.69) is 31.1 Å². The Hall–Kier alpha value is -3.49. The van der Waals surface area contributed by atoms with Crippen molar-refractivity contribution < 1.29 is 13.2 Å². The van der Waals surface area contributed by atoms with Crippen molar-refractivity contribution in [1.82, 2.24) is 15.0 Å². The molecule has 0 aliphatic heterocycles. The number of hydrogen-bond donors (Lipinski definition) is 2. The van der Waals surface area contributed by atoms with Gasteiger partial charge in [0.2, 0.25) is 11.9 Å². The third kappa shape index (κ3) is 5.52. The first-order valence-corrected chi connectivity index (χ1v) is 13.0. The van der Waals surface area contributed by atoms with Gasteiger partial charge in [0.15, 0.2) is 0 Å². The molecule has 2 aromatic heterocycles. The van der Waals surface area contributed by atoms with Gasteiger partial charge in [-0.1, -0.05) is 11.8 Å². The van der Waals surface area contributed by atoms with Crippen molar-refractivity contribution in [1.29, 1.82) is 5.26 Å². The van der Waals surface area contributed by atoms with Crippen molar-refractivity contribution in [2.24, 2.45) is 0 Å². The van der Waals surface area contributed by atoms with Crippen LogP contribution in [0.5, 0.6) is 0 Å². The quantitative estimate of drug-likeness (QED) is 0.476. The van der Waals surface area contributed by atoms with E-state index < -0.39 is 15.3 Å². The number of rotatable bonds is 7. The number of carbonyl (C=O) groups excluding carboxylic acids is 1. The monoisotopic (exact) mass is 494 g/mol. The second kappa shape index (κ2) is 10.2. The fraction of sp³-hybridized carbons (Fsp3) is 0.261. The summed E-state index contributed by atoms with van der Waals surface area (Å²) >= 11 is 1.24. The Morgan fingerprint density at radius 1 is 1.15 bits per heavy atom. The van der Waals surface area contributed by atoms with Crippen LogP contribution in [-0.4, -0.2) is 34.5 Å². The first-order valence-electron chi connectivity index (χ1n) is 10.7. The number of nitrogens with one attached hydrogen (secondary N) is 2. The molecule has 3 aromatic rings. The van der Waals surface area contributed by atoms with E-state index in [0.29, 0.717) is 16.3 Å². The van der Waals surface area contributed by atoms with Crippen LogP contribution in [0.3, 0.4) is 0 Å². The first-order chi connectivity index (χ1) is 16.4. The summed E-state index contributed by atoms with van der Waals surface area (Å²) in [7, 11) is -3.86. The highest BCUT2D eigenvalue weighted by atomic mass is 32.2. The van der Waals surface area contributed by atoms with Crippen molar-refractivity contribution in [3.05, 3.63) is 65.6 Å². The third-order valence-electron chi connectivity index (χ3n) is 5.27. The van der Waals surface area contributed by atoms with E-state index in [1.54, 1.807) is 13.0 Å². The maximum Gasteiger partial charge on any atom is 0.264 e. The highest BCUT2D eigenvalue weighted by Crippen LogP contribution is 2.30. The molecule has 1 aliphatic carbocycles. The van der Waals surface area contributed by atoms with Crippen molar-refractivity contribution in [3.63, 3.8) is 0 Å². The van der Waals surface area contributed by atoms with Crippen LogP contribution in [0.1, 0.15) is 36.6 Å². The van der Waals surface area contributed by atoms with Gasteiger partial charge in [0.05, 0.1) is 15.7 Å². The average Bonchev–Trinajstić information content (AvgIpc) is 2.84. The molecule has 174 valence electrons. The highest BCUT2D eigenvalue weighted by Gasteiger charge is 2.21. The van der Waals surface area contributed by atoms with E-state index in [1.807, 2.05) is 6.07 Å². The molecule has 0 spiro atoms. The van der Waals surface area contributed by atoms with E-state index in [4.69, 9.17) is 0 Å². The van der Waals surface area contributed by atoms with Gasteiger partial charge in [0.1, 0.15) is 11.1 Å². The topological polar surface area (TPSA) is 138 Å². The molecule has 0 saturated carbocycles. The summed E-state index contributed by atoms with van der Waals surface area (Å²) in [5.74, 6) is -0.307. The molecule has 34 heavy (non-hydrogen) atoms. The SMILES string of the molecule is CC(Sc1nc2c(cc1C#N)CCCC2)C(=O)Nc1ccc(S(=O)(=O)Nc2ncccn2)cc1. The number of amides is 1. The van der Waals surface area contributed by atoms with Crippen LogP contribution in [0.2, 0.25) is 0 Å². The largest absolute Gasteiger partial charge is 0.325 e. The number of carbonyl (C=O) groups is 1. The van der Waals surface area contributed by atoms with E-state index >= 15 is 0 Å². The van der Waals surface area contributed by atoms with Crippen LogP contribution in [0.15, 0.2) is 58.7 Å². The number of hydrogen-bond acceptors (Lipinski definition) is 8. The Balaban J connectivity index is 1.41. The maximum atomic E-state index is 12.7. The molecule has 9 nitrogen and oxygen atoms in total. The Bertz CT molecular complexity index is 1340. The van der Waals surface area contributed by atoms with Crippen LogP contribution in [0.25, 0.3) is 0 Å². The molecular weight excluding hydrogens is 472 g/mol. The molecule has 0 saturated heterocycles. The number of anilines is 2. The lowest BCUT2D eigenvalue weighted by molar-refractivity contribution is -0.115. The Kier molecular flexibility index (Phi) is 7.09. The summed E-state index contributed by atoms with van der Waals surface area (Å²) in [5.41, 5.74) is 3.06. The Morgan fingerprint density at radius 2 is 1.85 bits per heavy atom. The smallest absolute Gasteiger partial charge is 0.264 e. The minimum atomic E-state index is -3.86. The molecule has 1 unspecified atom stereocenters. The predicted molar refractivity (Wildman–Crippen MR) is 129 cm³/mol. The van der Waals surface area contributed by atoms with Gasteiger partial charge in [-0.3, -0.25) is 4.79 Å². The molecule has 2 heterocycles. The van der Waals surface area contributed by atoms with E-state index in [0.717, 1.165) is 36.9 Å². The lowest BCUT2D eigenvalue weighted by Gasteiger charge is -2.18. The molecular formula is C23H22N6O3S2. The molecule has 2 N–H and O–H groups in total. The van der Waals surface area contributed by atoms with Gasteiger partial charge in [-0.05, 0) is 74.6 Å². The molecule has 0 bridgehead atoms. The second-order valence-corrected chi connectivity index (χ2v) is 10.7. The predicted octanol–water partition coefficient (Wildman–Crippen LogP) is 3.54. The summed E-state index contributed by atoms with van der Waals surface area (Å²) in [6.45, 7) is 1.74. The van der Waals surface area contributed by atoms with Crippen LogP contribution in [0.4, 0.5) is 11.6 Å². The minimum Gasteiger partial charge on any atom is -0.325 e. The highest BCUT2D eigenvalue weighted by molar-refractivity contribution is 8.00. The fourth-order valence-electron chi connectivity index (χ4n) is 3.50. The van der Waals surface area contributed by atoms with Crippen molar-refractivity contribution in [2.45, 2.75) is 47.8 Å². The molecule has 1 amide bonds. The van der Waals surface area contributed by atoms with Gasteiger partial charge in [-0.15, -0.1) is 0 Å².